The van der Waals surface area contributed by atoms with Gasteiger partial charge < -0.3 is 4.74 Å². The summed E-state index contributed by atoms with van der Waals surface area (Å²) in [4.78, 5) is 4.33. The fourth-order valence-corrected chi connectivity index (χ4v) is 3.62. The summed E-state index contributed by atoms with van der Waals surface area (Å²) < 4.78 is 33.7. The number of aryl methyl sites for hydroxylation is 2. The van der Waals surface area contributed by atoms with Crippen molar-refractivity contribution in [3.63, 3.8) is 0 Å². The van der Waals surface area contributed by atoms with Crippen LogP contribution in [0.3, 0.4) is 0 Å². The van der Waals surface area contributed by atoms with E-state index in [0.29, 0.717) is 12.4 Å². The van der Waals surface area contributed by atoms with Crippen LogP contribution in [0.1, 0.15) is 23.6 Å². The minimum absolute atomic E-state index is 0.172. The number of anilines is 1. The van der Waals surface area contributed by atoms with Crippen molar-refractivity contribution >= 4 is 15.8 Å². The second-order valence-electron chi connectivity index (χ2n) is 6.17. The van der Waals surface area contributed by atoms with Crippen LogP contribution in [0.4, 0.5) is 5.82 Å². The SMILES string of the molecule is CCc1ccc(S(=O)(=O)Nc2ncccc2OCc2ccccc2C)cc1. The highest BCUT2D eigenvalue weighted by atomic mass is 32.2. The van der Waals surface area contributed by atoms with E-state index in [0.717, 1.165) is 23.1 Å². The van der Waals surface area contributed by atoms with Crippen LogP contribution >= 0.6 is 0 Å². The number of pyridine rings is 1. The fourth-order valence-electron chi connectivity index (χ4n) is 2.60. The maximum atomic E-state index is 12.7. The Morgan fingerprint density at radius 2 is 1.74 bits per heavy atom. The second-order valence-corrected chi connectivity index (χ2v) is 7.85. The van der Waals surface area contributed by atoms with E-state index in [4.69, 9.17) is 4.74 Å². The van der Waals surface area contributed by atoms with E-state index in [1.807, 2.05) is 50.2 Å². The monoisotopic (exact) mass is 382 g/mol. The Morgan fingerprint density at radius 1 is 1.00 bits per heavy atom. The summed E-state index contributed by atoms with van der Waals surface area (Å²) in [5.41, 5.74) is 3.22. The largest absolute Gasteiger partial charge is 0.485 e. The molecule has 3 rings (SSSR count). The first-order valence-corrected chi connectivity index (χ1v) is 10.2. The number of aromatic nitrogens is 1. The lowest BCUT2D eigenvalue weighted by atomic mass is 10.1. The zero-order valence-electron chi connectivity index (χ0n) is 15.3. The highest BCUT2D eigenvalue weighted by Crippen LogP contribution is 2.25. The van der Waals surface area contributed by atoms with Crippen LogP contribution in [0.2, 0.25) is 0 Å². The molecule has 3 aromatic rings. The van der Waals surface area contributed by atoms with Gasteiger partial charge in [-0.3, -0.25) is 4.72 Å². The van der Waals surface area contributed by atoms with Gasteiger partial charge in [0.2, 0.25) is 0 Å². The van der Waals surface area contributed by atoms with Crippen LogP contribution in [0.25, 0.3) is 0 Å². The molecule has 0 radical (unpaired) electrons. The number of nitrogens with one attached hydrogen (secondary N) is 1. The quantitative estimate of drug-likeness (QED) is 0.660. The lowest BCUT2D eigenvalue weighted by Crippen LogP contribution is -2.15. The molecule has 2 aromatic carbocycles. The molecule has 6 heteroatoms. The van der Waals surface area contributed by atoms with E-state index in [9.17, 15) is 8.42 Å². The van der Waals surface area contributed by atoms with Gasteiger partial charge >= 0.3 is 0 Å². The molecule has 0 aliphatic heterocycles. The molecule has 0 saturated carbocycles. The van der Waals surface area contributed by atoms with Gasteiger partial charge in [-0.2, -0.15) is 0 Å². The molecule has 0 bridgehead atoms. The van der Waals surface area contributed by atoms with Crippen molar-refractivity contribution < 1.29 is 13.2 Å². The highest BCUT2D eigenvalue weighted by molar-refractivity contribution is 7.92. The zero-order chi connectivity index (χ0) is 19.3. The molecular weight excluding hydrogens is 360 g/mol. The van der Waals surface area contributed by atoms with E-state index in [1.165, 1.54) is 6.20 Å². The van der Waals surface area contributed by atoms with Crippen molar-refractivity contribution in [1.82, 2.24) is 4.98 Å². The van der Waals surface area contributed by atoms with Crippen LogP contribution in [-0.4, -0.2) is 13.4 Å². The first-order valence-electron chi connectivity index (χ1n) is 8.73. The molecule has 27 heavy (non-hydrogen) atoms. The Hall–Kier alpha value is -2.86. The van der Waals surface area contributed by atoms with Crippen LogP contribution in [0.5, 0.6) is 5.75 Å². The average molecular weight is 382 g/mol. The first kappa shape index (κ1) is 18.9. The smallest absolute Gasteiger partial charge is 0.263 e. The van der Waals surface area contributed by atoms with E-state index in [1.54, 1.807) is 24.3 Å². The number of hydrogen-bond donors (Lipinski definition) is 1. The summed E-state index contributed by atoms with van der Waals surface area (Å²) in [6.07, 6.45) is 2.38. The molecule has 0 unspecified atom stereocenters. The minimum atomic E-state index is -3.74. The molecule has 1 N–H and O–H groups in total. The predicted octanol–water partition coefficient (Wildman–Crippen LogP) is 4.33. The minimum Gasteiger partial charge on any atom is -0.485 e. The number of hydrogen-bond acceptors (Lipinski definition) is 4. The topological polar surface area (TPSA) is 68.3 Å². The normalized spacial score (nSPS) is 11.2. The van der Waals surface area contributed by atoms with Gasteiger partial charge in [-0.15, -0.1) is 0 Å². The van der Waals surface area contributed by atoms with Crippen molar-refractivity contribution in [2.24, 2.45) is 0 Å². The van der Waals surface area contributed by atoms with Gasteiger partial charge in [-0.05, 0) is 54.3 Å². The summed E-state index contributed by atoms with van der Waals surface area (Å²) in [6.45, 7) is 4.36. The Bertz CT molecular complexity index is 1020. The molecule has 0 amide bonds. The second kappa shape index (κ2) is 8.22. The molecule has 0 fully saturated rings. The number of nitrogens with zero attached hydrogens (tertiary/aromatic N) is 1. The molecule has 0 saturated heterocycles. The summed E-state index contributed by atoms with van der Waals surface area (Å²) >= 11 is 0. The summed E-state index contributed by atoms with van der Waals surface area (Å²) in [5.74, 6) is 0.556. The highest BCUT2D eigenvalue weighted by Gasteiger charge is 2.17. The van der Waals surface area contributed by atoms with Crippen molar-refractivity contribution in [3.8, 4) is 5.75 Å². The van der Waals surface area contributed by atoms with Gasteiger partial charge in [0.25, 0.3) is 10.0 Å². The third kappa shape index (κ3) is 4.65. The van der Waals surface area contributed by atoms with Gasteiger partial charge in [0, 0.05) is 6.20 Å². The third-order valence-electron chi connectivity index (χ3n) is 4.29. The van der Waals surface area contributed by atoms with Crippen molar-refractivity contribution in [2.75, 3.05) is 4.72 Å². The van der Waals surface area contributed by atoms with Gasteiger partial charge in [-0.1, -0.05) is 43.3 Å². The zero-order valence-corrected chi connectivity index (χ0v) is 16.2. The number of ether oxygens (including phenoxy) is 1. The molecule has 1 aromatic heterocycles. The number of benzene rings is 2. The van der Waals surface area contributed by atoms with Gasteiger partial charge in [0.1, 0.15) is 6.61 Å². The number of rotatable bonds is 7. The molecule has 0 aliphatic carbocycles. The first-order chi connectivity index (χ1) is 13.0. The van der Waals surface area contributed by atoms with E-state index in [2.05, 4.69) is 9.71 Å². The van der Waals surface area contributed by atoms with E-state index >= 15 is 0 Å². The third-order valence-corrected chi connectivity index (χ3v) is 5.64. The summed E-state index contributed by atoms with van der Waals surface area (Å²) in [7, 11) is -3.74. The van der Waals surface area contributed by atoms with Crippen LogP contribution in [-0.2, 0) is 23.1 Å². The molecular formula is C21H22N2O3S. The molecule has 0 aliphatic rings. The van der Waals surface area contributed by atoms with Crippen LogP contribution < -0.4 is 9.46 Å². The maximum absolute atomic E-state index is 12.7. The average Bonchev–Trinajstić information content (AvgIpc) is 2.68. The Morgan fingerprint density at radius 3 is 2.44 bits per heavy atom. The van der Waals surface area contributed by atoms with Crippen molar-refractivity contribution in [3.05, 3.63) is 83.6 Å². The molecule has 5 nitrogen and oxygen atoms in total. The molecule has 0 atom stereocenters. The predicted molar refractivity (Wildman–Crippen MR) is 106 cm³/mol. The molecule has 140 valence electrons. The van der Waals surface area contributed by atoms with Gasteiger partial charge in [-0.25, -0.2) is 13.4 Å². The van der Waals surface area contributed by atoms with E-state index < -0.39 is 10.0 Å². The Balaban J connectivity index is 1.79. The molecule has 0 spiro atoms. The van der Waals surface area contributed by atoms with Crippen molar-refractivity contribution in [2.45, 2.75) is 31.8 Å². The Kier molecular flexibility index (Phi) is 5.76. The molecule has 1 heterocycles. The van der Waals surface area contributed by atoms with Crippen LogP contribution in [0.15, 0.2) is 71.8 Å². The Labute approximate surface area is 160 Å². The number of sulfonamides is 1. The standard InChI is InChI=1S/C21H22N2O3S/c1-3-17-10-12-19(13-11-17)27(24,25)23-21-20(9-6-14-22-21)26-15-18-8-5-4-7-16(18)2/h4-14H,3,15H2,1-2H3,(H,22,23). The van der Waals surface area contributed by atoms with Gasteiger partial charge in [0.05, 0.1) is 4.90 Å². The van der Waals surface area contributed by atoms with E-state index in [-0.39, 0.29) is 10.7 Å². The maximum Gasteiger partial charge on any atom is 0.263 e. The summed E-state index contributed by atoms with van der Waals surface area (Å²) in [5, 5.41) is 0. The lowest BCUT2D eigenvalue weighted by Gasteiger charge is -2.13. The van der Waals surface area contributed by atoms with Crippen molar-refractivity contribution in [1.29, 1.82) is 0 Å². The van der Waals surface area contributed by atoms with Gasteiger partial charge in [0.15, 0.2) is 11.6 Å². The fraction of sp³-hybridized carbons (Fsp3) is 0.190. The summed E-state index contributed by atoms with van der Waals surface area (Å²) in [6, 6.07) is 18.1. The van der Waals surface area contributed by atoms with Crippen LogP contribution in [0, 0.1) is 6.92 Å². The lowest BCUT2D eigenvalue weighted by molar-refractivity contribution is 0.306.